The molecule has 0 aliphatic carbocycles. The van der Waals surface area contributed by atoms with Crippen molar-refractivity contribution in [3.05, 3.63) is 71.4 Å². The number of aromatic nitrogens is 1. The molecule has 2 N–H and O–H groups in total. The Bertz CT molecular complexity index is 1170. The second-order valence-corrected chi connectivity index (χ2v) is 9.65. The minimum absolute atomic E-state index is 0.215. The summed E-state index contributed by atoms with van der Waals surface area (Å²) in [6, 6.07) is 18.2. The van der Waals surface area contributed by atoms with E-state index in [9.17, 15) is 9.59 Å². The molecule has 0 radical (unpaired) electrons. The van der Waals surface area contributed by atoms with E-state index in [4.69, 9.17) is 9.72 Å². The van der Waals surface area contributed by atoms with Gasteiger partial charge in [0.1, 0.15) is 12.4 Å². The summed E-state index contributed by atoms with van der Waals surface area (Å²) in [4.78, 5) is 28.1. The molecule has 2 aromatic carbocycles. The molecule has 2 aliphatic heterocycles. The molecule has 7 heteroatoms. The number of aryl methyl sites for hydroxylation is 1. The minimum atomic E-state index is -0.359. The lowest BCUT2D eigenvalue weighted by atomic mass is 9.91. The average Bonchev–Trinajstić information content (AvgIpc) is 3.40. The predicted molar refractivity (Wildman–Crippen MR) is 126 cm³/mol. The number of nitrogens with one attached hydrogen (secondary N) is 2. The molecule has 2 amide bonds. The van der Waals surface area contributed by atoms with Gasteiger partial charge in [-0.05, 0) is 68.1 Å². The van der Waals surface area contributed by atoms with E-state index in [0.717, 1.165) is 53.7 Å². The monoisotopic (exact) mass is 447 g/mol. The van der Waals surface area contributed by atoms with Crippen LogP contribution in [0.25, 0.3) is 10.9 Å². The number of pyridine rings is 1. The van der Waals surface area contributed by atoms with Gasteiger partial charge in [0.15, 0.2) is 0 Å². The number of fused-ring (bicyclic) bond motifs is 1. The van der Waals surface area contributed by atoms with Gasteiger partial charge in [-0.25, -0.2) is 0 Å². The van der Waals surface area contributed by atoms with Gasteiger partial charge in [-0.2, -0.15) is 0 Å². The summed E-state index contributed by atoms with van der Waals surface area (Å²) in [7, 11) is 0. The highest BCUT2D eigenvalue weighted by molar-refractivity contribution is 8.15. The molecular formula is C25H25N3O3S. The molecule has 2 aliphatic rings. The standard InChI is InChI=1S/C25H25N3O3S/c1-16-13-22(27-20-6-3-2-5-19(16)20)25(11-4-12-26-25)15-31-18-9-7-17(8-10-18)14-21-23(29)28-24(30)32-21/h2-3,5-10,13,21,26H,4,11-12,14-15H2,1H3,(H,28,29,30)/t21?,25-/m1/s1. The van der Waals surface area contributed by atoms with Crippen LogP contribution in [0.5, 0.6) is 5.75 Å². The van der Waals surface area contributed by atoms with Crippen LogP contribution in [0, 0.1) is 6.92 Å². The molecular weight excluding hydrogens is 422 g/mol. The smallest absolute Gasteiger partial charge is 0.286 e. The fourth-order valence-electron chi connectivity index (χ4n) is 4.49. The Morgan fingerprint density at radius 3 is 2.69 bits per heavy atom. The molecule has 164 valence electrons. The van der Waals surface area contributed by atoms with E-state index in [1.165, 1.54) is 10.9 Å². The highest BCUT2D eigenvalue weighted by atomic mass is 32.2. The number of hydrogen-bond donors (Lipinski definition) is 2. The van der Waals surface area contributed by atoms with Crippen molar-refractivity contribution in [3.8, 4) is 5.75 Å². The molecule has 5 rings (SSSR count). The maximum atomic E-state index is 11.8. The van der Waals surface area contributed by atoms with E-state index in [0.29, 0.717) is 13.0 Å². The first-order valence-electron chi connectivity index (χ1n) is 10.9. The fraction of sp³-hybridized carbons (Fsp3) is 0.320. The van der Waals surface area contributed by atoms with Crippen LogP contribution in [0.15, 0.2) is 54.6 Å². The van der Waals surface area contributed by atoms with E-state index >= 15 is 0 Å². The van der Waals surface area contributed by atoms with Crippen LogP contribution in [0.2, 0.25) is 0 Å². The molecule has 1 unspecified atom stereocenters. The zero-order valence-corrected chi connectivity index (χ0v) is 18.7. The fourth-order valence-corrected chi connectivity index (χ4v) is 5.35. The molecule has 2 atom stereocenters. The van der Waals surface area contributed by atoms with Crippen LogP contribution in [0.3, 0.4) is 0 Å². The first-order chi connectivity index (χ1) is 15.5. The van der Waals surface area contributed by atoms with Gasteiger partial charge >= 0.3 is 0 Å². The first kappa shape index (κ1) is 21.0. The summed E-state index contributed by atoms with van der Waals surface area (Å²) in [5.41, 5.74) is 3.94. The van der Waals surface area contributed by atoms with E-state index in [-0.39, 0.29) is 21.9 Å². The van der Waals surface area contributed by atoms with Gasteiger partial charge < -0.3 is 10.1 Å². The molecule has 2 saturated heterocycles. The summed E-state index contributed by atoms with van der Waals surface area (Å²) in [6.45, 7) is 3.56. The van der Waals surface area contributed by atoms with Crippen molar-refractivity contribution >= 4 is 33.8 Å². The molecule has 0 saturated carbocycles. The molecule has 1 aromatic heterocycles. The molecule has 3 heterocycles. The van der Waals surface area contributed by atoms with Crippen molar-refractivity contribution in [2.45, 2.75) is 37.0 Å². The number of carbonyl (C=O) groups excluding carboxylic acids is 2. The predicted octanol–water partition coefficient (Wildman–Crippen LogP) is 4.10. The summed E-state index contributed by atoms with van der Waals surface area (Å²) >= 11 is 1.05. The third-order valence-electron chi connectivity index (χ3n) is 6.25. The average molecular weight is 448 g/mol. The van der Waals surface area contributed by atoms with Crippen molar-refractivity contribution in [3.63, 3.8) is 0 Å². The number of thioether (sulfide) groups is 1. The number of ether oxygens (including phenoxy) is 1. The zero-order chi connectivity index (χ0) is 22.1. The van der Waals surface area contributed by atoms with Gasteiger partial charge in [-0.15, -0.1) is 0 Å². The highest BCUT2D eigenvalue weighted by Gasteiger charge is 2.38. The number of nitrogens with zero attached hydrogens (tertiary/aromatic N) is 1. The number of para-hydroxylation sites is 1. The van der Waals surface area contributed by atoms with Crippen LogP contribution >= 0.6 is 11.8 Å². The van der Waals surface area contributed by atoms with Crippen LogP contribution in [-0.2, 0) is 16.8 Å². The number of benzene rings is 2. The van der Waals surface area contributed by atoms with Crippen LogP contribution in [0.1, 0.15) is 29.7 Å². The van der Waals surface area contributed by atoms with Gasteiger partial charge in [0, 0.05) is 5.39 Å². The zero-order valence-electron chi connectivity index (χ0n) is 17.9. The Kier molecular flexibility index (Phi) is 5.61. The SMILES string of the molecule is Cc1cc([C@]2(COc3ccc(CC4SC(=O)NC4=O)cc3)CCCN2)nc2ccccc12. The molecule has 0 spiro atoms. The number of rotatable bonds is 6. The summed E-state index contributed by atoms with van der Waals surface area (Å²) < 4.78 is 6.22. The first-order valence-corrected chi connectivity index (χ1v) is 11.8. The Labute approximate surface area is 191 Å². The van der Waals surface area contributed by atoms with Crippen LogP contribution < -0.4 is 15.4 Å². The van der Waals surface area contributed by atoms with Gasteiger partial charge in [0.2, 0.25) is 5.91 Å². The molecule has 6 nitrogen and oxygen atoms in total. The highest BCUT2D eigenvalue weighted by Crippen LogP contribution is 2.33. The minimum Gasteiger partial charge on any atom is -0.491 e. The van der Waals surface area contributed by atoms with Gasteiger partial charge in [-0.1, -0.05) is 42.1 Å². The lowest BCUT2D eigenvalue weighted by molar-refractivity contribution is -0.118. The summed E-state index contributed by atoms with van der Waals surface area (Å²) in [6.07, 6.45) is 2.57. The molecule has 32 heavy (non-hydrogen) atoms. The van der Waals surface area contributed by atoms with E-state index in [1.54, 1.807) is 0 Å². The molecule has 2 fully saturated rings. The number of imide groups is 1. The van der Waals surface area contributed by atoms with Gasteiger partial charge in [0.05, 0.1) is 22.0 Å². The second kappa shape index (κ2) is 8.56. The van der Waals surface area contributed by atoms with Crippen molar-refractivity contribution in [1.82, 2.24) is 15.6 Å². The topological polar surface area (TPSA) is 80.3 Å². The quantitative estimate of drug-likeness (QED) is 0.592. The van der Waals surface area contributed by atoms with Crippen molar-refractivity contribution in [1.29, 1.82) is 0 Å². The van der Waals surface area contributed by atoms with Crippen LogP contribution in [-0.4, -0.2) is 34.5 Å². The Morgan fingerprint density at radius 1 is 1.16 bits per heavy atom. The third-order valence-corrected chi connectivity index (χ3v) is 7.24. The summed E-state index contributed by atoms with van der Waals surface area (Å²) in [5, 5.41) is 6.53. The number of carbonyl (C=O) groups is 2. The normalized spacial score (nSPS) is 23.0. The van der Waals surface area contributed by atoms with Gasteiger partial charge in [0.25, 0.3) is 5.24 Å². The van der Waals surface area contributed by atoms with E-state index in [1.807, 2.05) is 36.4 Å². The lowest BCUT2D eigenvalue weighted by Crippen LogP contribution is -2.43. The van der Waals surface area contributed by atoms with Crippen molar-refractivity contribution in [2.75, 3.05) is 13.2 Å². The van der Waals surface area contributed by atoms with Crippen molar-refractivity contribution < 1.29 is 14.3 Å². The maximum absolute atomic E-state index is 11.8. The maximum Gasteiger partial charge on any atom is 0.286 e. The Hall–Kier alpha value is -2.90. The Balaban J connectivity index is 1.31. The lowest BCUT2D eigenvalue weighted by Gasteiger charge is -2.29. The second-order valence-electron chi connectivity index (χ2n) is 8.47. The van der Waals surface area contributed by atoms with Gasteiger partial charge in [-0.3, -0.25) is 19.9 Å². The number of amides is 2. The largest absolute Gasteiger partial charge is 0.491 e. The van der Waals surface area contributed by atoms with Crippen molar-refractivity contribution in [2.24, 2.45) is 0 Å². The van der Waals surface area contributed by atoms with Crippen LogP contribution in [0.4, 0.5) is 4.79 Å². The number of hydrogen-bond acceptors (Lipinski definition) is 6. The van der Waals surface area contributed by atoms with E-state index in [2.05, 4.69) is 35.8 Å². The van der Waals surface area contributed by atoms with E-state index < -0.39 is 0 Å². The molecule has 3 aromatic rings. The summed E-state index contributed by atoms with van der Waals surface area (Å²) in [5.74, 6) is 0.562. The Morgan fingerprint density at radius 2 is 1.97 bits per heavy atom. The third kappa shape index (κ3) is 4.10. The molecule has 0 bridgehead atoms.